The molecule has 1 aliphatic carbocycles. The number of aromatic nitrogens is 2. The number of benzene rings is 1. The van der Waals surface area contributed by atoms with Gasteiger partial charge in [-0.15, -0.1) is 11.3 Å². The molecule has 0 bridgehead atoms. The topological polar surface area (TPSA) is 32.3 Å². The highest BCUT2D eigenvalue weighted by Gasteiger charge is 2.69. The van der Waals surface area contributed by atoms with Crippen molar-refractivity contribution in [3.05, 3.63) is 59.9 Å². The van der Waals surface area contributed by atoms with Crippen LogP contribution in [0, 0.1) is 5.41 Å². The molecule has 4 nitrogen and oxygen atoms in total. The minimum atomic E-state index is 0.209. The van der Waals surface area contributed by atoms with Crippen LogP contribution in [-0.2, 0) is 5.41 Å². The number of anilines is 4. The third-order valence-corrected chi connectivity index (χ3v) is 8.62. The van der Waals surface area contributed by atoms with Crippen molar-refractivity contribution in [2.75, 3.05) is 9.80 Å². The molecular weight excluding hydrogens is 364 g/mol. The molecule has 3 atom stereocenters. The van der Waals surface area contributed by atoms with Gasteiger partial charge in [-0.05, 0) is 54.8 Å². The van der Waals surface area contributed by atoms with Crippen LogP contribution in [0.25, 0.3) is 0 Å². The van der Waals surface area contributed by atoms with Gasteiger partial charge >= 0.3 is 0 Å². The van der Waals surface area contributed by atoms with Crippen molar-refractivity contribution >= 4 is 33.5 Å². The second-order valence-electron chi connectivity index (χ2n) is 8.26. The predicted molar refractivity (Wildman–Crippen MR) is 115 cm³/mol. The minimum absolute atomic E-state index is 0.209. The Kier molecular flexibility index (Phi) is 3.29. The van der Waals surface area contributed by atoms with E-state index in [-0.39, 0.29) is 17.0 Å². The second-order valence-corrected chi connectivity index (χ2v) is 9.19. The Labute approximate surface area is 169 Å². The molecule has 0 saturated heterocycles. The molecule has 3 unspecified atom stereocenters. The number of nitrogens with zero attached hydrogens (tertiary/aromatic N) is 4. The van der Waals surface area contributed by atoms with Crippen LogP contribution in [0.3, 0.4) is 0 Å². The lowest BCUT2D eigenvalue weighted by atomic mass is 9.42. The van der Waals surface area contributed by atoms with E-state index in [1.165, 1.54) is 41.9 Å². The third kappa shape index (κ3) is 1.68. The molecule has 0 N–H and O–H groups in total. The van der Waals surface area contributed by atoms with Crippen molar-refractivity contribution in [1.82, 2.24) is 9.97 Å². The molecule has 142 valence electrons. The molecule has 2 aromatic heterocycles. The SMILES string of the molecule is CCC12CCC1(CC)C1N(c3cccs3)c3cncnc3N1c1ccccc12. The van der Waals surface area contributed by atoms with Crippen LogP contribution in [0.5, 0.6) is 0 Å². The van der Waals surface area contributed by atoms with Crippen molar-refractivity contribution in [1.29, 1.82) is 0 Å². The maximum absolute atomic E-state index is 4.78. The summed E-state index contributed by atoms with van der Waals surface area (Å²) in [4.78, 5) is 14.2. The van der Waals surface area contributed by atoms with Gasteiger partial charge in [0.25, 0.3) is 0 Å². The largest absolute Gasteiger partial charge is 0.306 e. The van der Waals surface area contributed by atoms with Crippen molar-refractivity contribution in [2.45, 2.75) is 51.1 Å². The van der Waals surface area contributed by atoms with Crippen molar-refractivity contribution in [3.8, 4) is 0 Å². The summed E-state index contributed by atoms with van der Waals surface area (Å²) in [6.07, 6.45) is 8.83. The lowest BCUT2D eigenvalue weighted by molar-refractivity contribution is -0.0454. The quantitative estimate of drug-likeness (QED) is 0.550. The smallest absolute Gasteiger partial charge is 0.162 e. The zero-order valence-corrected chi connectivity index (χ0v) is 17.1. The predicted octanol–water partition coefficient (Wildman–Crippen LogP) is 6.01. The summed E-state index contributed by atoms with van der Waals surface area (Å²) in [5.74, 6) is 1.05. The van der Waals surface area contributed by atoms with Gasteiger partial charge in [-0.1, -0.05) is 32.0 Å². The van der Waals surface area contributed by atoms with E-state index in [0.29, 0.717) is 0 Å². The fourth-order valence-electron chi connectivity index (χ4n) is 6.45. The molecular formula is C23H24N4S. The molecule has 1 fully saturated rings. The van der Waals surface area contributed by atoms with Crippen LogP contribution in [0.1, 0.15) is 45.1 Å². The Morgan fingerprint density at radius 2 is 1.93 bits per heavy atom. The summed E-state index contributed by atoms with van der Waals surface area (Å²) in [5.41, 5.74) is 4.43. The summed E-state index contributed by atoms with van der Waals surface area (Å²) in [6.45, 7) is 4.77. The van der Waals surface area contributed by atoms with Gasteiger partial charge in [0.2, 0.25) is 0 Å². The van der Waals surface area contributed by atoms with Crippen LogP contribution in [0.4, 0.5) is 22.2 Å². The first-order valence-electron chi connectivity index (χ1n) is 10.3. The Morgan fingerprint density at radius 1 is 1.04 bits per heavy atom. The number of para-hydroxylation sites is 1. The highest BCUT2D eigenvalue weighted by atomic mass is 32.1. The maximum atomic E-state index is 4.78. The van der Waals surface area contributed by atoms with Crippen LogP contribution >= 0.6 is 11.3 Å². The molecule has 0 spiro atoms. The highest BCUT2D eigenvalue weighted by Crippen LogP contribution is 2.72. The summed E-state index contributed by atoms with van der Waals surface area (Å²) >= 11 is 1.81. The third-order valence-electron chi connectivity index (χ3n) is 7.75. The zero-order chi connectivity index (χ0) is 18.9. The zero-order valence-electron chi connectivity index (χ0n) is 16.3. The molecule has 4 heterocycles. The fourth-order valence-corrected chi connectivity index (χ4v) is 7.22. The normalized spacial score (nSPS) is 29.6. The number of fused-ring (bicyclic) bond motifs is 8. The first-order valence-corrected chi connectivity index (χ1v) is 11.2. The first kappa shape index (κ1) is 16.5. The Hall–Kier alpha value is -2.40. The molecule has 6 rings (SSSR count). The van der Waals surface area contributed by atoms with Crippen LogP contribution in [0.15, 0.2) is 54.3 Å². The Bertz CT molecular complexity index is 1040. The van der Waals surface area contributed by atoms with Gasteiger partial charge in [0, 0.05) is 16.5 Å². The summed E-state index contributed by atoms with van der Waals surface area (Å²) in [5, 5.41) is 3.46. The van der Waals surface area contributed by atoms with E-state index < -0.39 is 0 Å². The van der Waals surface area contributed by atoms with Crippen LogP contribution in [0.2, 0.25) is 0 Å². The van der Waals surface area contributed by atoms with Gasteiger partial charge in [-0.3, -0.25) is 0 Å². The molecule has 28 heavy (non-hydrogen) atoms. The van der Waals surface area contributed by atoms with E-state index in [4.69, 9.17) is 4.98 Å². The Morgan fingerprint density at radius 3 is 2.64 bits per heavy atom. The highest BCUT2D eigenvalue weighted by molar-refractivity contribution is 7.14. The molecule has 3 aliphatic rings. The molecule has 0 amide bonds. The van der Waals surface area contributed by atoms with Crippen LogP contribution < -0.4 is 9.80 Å². The molecule has 1 aromatic carbocycles. The lowest BCUT2D eigenvalue weighted by Crippen LogP contribution is -2.69. The Balaban J connectivity index is 1.69. The van der Waals surface area contributed by atoms with E-state index in [0.717, 1.165) is 11.5 Å². The fraction of sp³-hybridized carbons (Fsp3) is 0.391. The standard InChI is InChI=1S/C23H24N4S/c1-3-22-11-12-23(22,4-2)21-26(19-10-7-13-28-19)18-14-24-15-25-20(18)27(21)17-9-6-5-8-16(17)22/h5-10,13-15,21H,3-4,11-12H2,1-2H3. The van der Waals surface area contributed by atoms with Gasteiger partial charge in [-0.2, -0.15) is 0 Å². The second kappa shape index (κ2) is 5.57. The molecule has 1 saturated carbocycles. The average Bonchev–Trinajstić information content (AvgIpc) is 3.35. The van der Waals surface area contributed by atoms with E-state index in [1.54, 1.807) is 6.33 Å². The number of rotatable bonds is 3. The maximum Gasteiger partial charge on any atom is 0.162 e. The van der Waals surface area contributed by atoms with Gasteiger partial charge in [0.15, 0.2) is 5.82 Å². The first-order chi connectivity index (χ1) is 13.8. The van der Waals surface area contributed by atoms with Gasteiger partial charge < -0.3 is 9.80 Å². The van der Waals surface area contributed by atoms with E-state index >= 15 is 0 Å². The van der Waals surface area contributed by atoms with Crippen LogP contribution in [-0.4, -0.2) is 16.1 Å². The van der Waals surface area contributed by atoms with Crippen molar-refractivity contribution in [2.24, 2.45) is 5.41 Å². The average molecular weight is 389 g/mol. The molecule has 2 aliphatic heterocycles. The van der Waals surface area contributed by atoms with Crippen molar-refractivity contribution < 1.29 is 0 Å². The monoisotopic (exact) mass is 388 g/mol. The van der Waals surface area contributed by atoms with Gasteiger partial charge in [0.05, 0.1) is 11.2 Å². The summed E-state index contributed by atoms with van der Waals surface area (Å²) in [6, 6.07) is 13.4. The van der Waals surface area contributed by atoms with E-state index in [2.05, 4.69) is 70.4 Å². The lowest BCUT2D eigenvalue weighted by Gasteiger charge is -2.68. The number of thiophene rings is 1. The summed E-state index contributed by atoms with van der Waals surface area (Å²) in [7, 11) is 0. The molecule has 5 heteroatoms. The molecule has 0 radical (unpaired) electrons. The van der Waals surface area contributed by atoms with Gasteiger partial charge in [0.1, 0.15) is 18.2 Å². The van der Waals surface area contributed by atoms with Gasteiger partial charge in [-0.25, -0.2) is 9.97 Å². The van der Waals surface area contributed by atoms with E-state index in [9.17, 15) is 0 Å². The number of hydrogen-bond acceptors (Lipinski definition) is 5. The number of hydrogen-bond donors (Lipinski definition) is 0. The molecule has 3 aromatic rings. The van der Waals surface area contributed by atoms with Crippen molar-refractivity contribution in [3.63, 3.8) is 0 Å². The minimum Gasteiger partial charge on any atom is -0.306 e. The van der Waals surface area contributed by atoms with E-state index in [1.807, 2.05) is 17.5 Å². The summed E-state index contributed by atoms with van der Waals surface area (Å²) < 4.78 is 0.